The van der Waals surface area contributed by atoms with E-state index >= 15 is 0 Å². The molecule has 0 atom stereocenters. The van der Waals surface area contributed by atoms with Gasteiger partial charge in [-0.2, -0.15) is 0 Å². The monoisotopic (exact) mass is 222 g/mol. The molecule has 0 fully saturated rings. The maximum absolute atomic E-state index is 10.8. The molecule has 1 aromatic carbocycles. The highest BCUT2D eigenvalue weighted by Gasteiger charge is 2.17. The van der Waals surface area contributed by atoms with Crippen molar-refractivity contribution in [2.24, 2.45) is 5.41 Å². The summed E-state index contributed by atoms with van der Waals surface area (Å²) in [6.45, 7) is 6.10. The van der Waals surface area contributed by atoms with Crippen molar-refractivity contribution in [2.75, 3.05) is 5.75 Å². The first-order valence-corrected chi connectivity index (χ1v) is 6.24. The molecule has 0 amide bonds. The molecule has 0 aromatic heterocycles. The van der Waals surface area contributed by atoms with Crippen LogP contribution < -0.4 is 0 Å². The summed E-state index contributed by atoms with van der Waals surface area (Å²) in [4.78, 5) is 12.1. The quantitative estimate of drug-likeness (QED) is 0.559. The Balaban J connectivity index is 2.68. The number of thioether (sulfide) groups is 1. The van der Waals surface area contributed by atoms with E-state index in [-0.39, 0.29) is 5.41 Å². The first kappa shape index (κ1) is 12.3. The molecule has 0 unspecified atom stereocenters. The topological polar surface area (TPSA) is 17.1 Å². The number of rotatable bonds is 5. The lowest BCUT2D eigenvalue weighted by molar-refractivity contribution is -0.113. The minimum atomic E-state index is -0.231. The Morgan fingerprint density at radius 2 is 2.00 bits per heavy atom. The van der Waals surface area contributed by atoms with E-state index in [2.05, 4.69) is 31.2 Å². The van der Waals surface area contributed by atoms with Crippen LogP contribution in [0.5, 0.6) is 0 Å². The molecular formula is C13H18OS. The Labute approximate surface area is 96.3 Å². The van der Waals surface area contributed by atoms with Crippen LogP contribution in [0.3, 0.4) is 0 Å². The van der Waals surface area contributed by atoms with Gasteiger partial charge in [0, 0.05) is 16.1 Å². The molecule has 0 N–H and O–H groups in total. The second-order valence-corrected chi connectivity index (χ2v) is 5.37. The van der Waals surface area contributed by atoms with Gasteiger partial charge in [0.15, 0.2) is 0 Å². The van der Waals surface area contributed by atoms with Crippen LogP contribution in [0, 0.1) is 5.41 Å². The third-order valence-corrected chi connectivity index (χ3v) is 3.87. The molecule has 1 rings (SSSR count). The summed E-state index contributed by atoms with van der Waals surface area (Å²) >= 11 is 1.77. The molecule has 0 aliphatic carbocycles. The lowest BCUT2D eigenvalue weighted by Crippen LogP contribution is -2.16. The lowest BCUT2D eigenvalue weighted by Gasteiger charge is -2.16. The summed E-state index contributed by atoms with van der Waals surface area (Å²) in [7, 11) is 0. The summed E-state index contributed by atoms with van der Waals surface area (Å²) in [5.41, 5.74) is 1.13. The number of aryl methyl sites for hydroxylation is 1. The van der Waals surface area contributed by atoms with Crippen molar-refractivity contribution >= 4 is 18.0 Å². The molecule has 1 nitrogen and oxygen atoms in total. The van der Waals surface area contributed by atoms with Crippen molar-refractivity contribution in [3.8, 4) is 0 Å². The van der Waals surface area contributed by atoms with E-state index in [0.29, 0.717) is 0 Å². The van der Waals surface area contributed by atoms with Crippen LogP contribution in [0.2, 0.25) is 0 Å². The van der Waals surface area contributed by atoms with Gasteiger partial charge in [-0.1, -0.05) is 39.0 Å². The van der Waals surface area contributed by atoms with Gasteiger partial charge in [-0.3, -0.25) is 0 Å². The van der Waals surface area contributed by atoms with Crippen LogP contribution in [0.1, 0.15) is 26.3 Å². The van der Waals surface area contributed by atoms with E-state index in [0.717, 1.165) is 18.5 Å². The molecule has 0 aliphatic rings. The molecule has 1 aromatic rings. The maximum Gasteiger partial charge on any atom is 0.126 e. The summed E-state index contributed by atoms with van der Waals surface area (Å²) in [6.07, 6.45) is 2.08. The van der Waals surface area contributed by atoms with Crippen LogP contribution in [0.15, 0.2) is 29.2 Å². The van der Waals surface area contributed by atoms with E-state index in [1.165, 1.54) is 10.5 Å². The van der Waals surface area contributed by atoms with Crippen LogP contribution >= 0.6 is 11.8 Å². The van der Waals surface area contributed by atoms with Gasteiger partial charge in [-0.05, 0) is 18.1 Å². The average molecular weight is 222 g/mol. The minimum Gasteiger partial charge on any atom is -0.303 e. The number of carbonyl (C=O) groups excluding carboxylic acids is 1. The Morgan fingerprint density at radius 3 is 2.60 bits per heavy atom. The van der Waals surface area contributed by atoms with Crippen molar-refractivity contribution in [3.05, 3.63) is 29.8 Å². The lowest BCUT2D eigenvalue weighted by atomic mass is 10.00. The zero-order valence-corrected chi connectivity index (χ0v) is 10.4. The molecule has 0 spiro atoms. The Kier molecular flexibility index (Phi) is 4.40. The van der Waals surface area contributed by atoms with E-state index < -0.39 is 0 Å². The van der Waals surface area contributed by atoms with Crippen LogP contribution in [-0.4, -0.2) is 12.0 Å². The third kappa shape index (κ3) is 3.71. The smallest absolute Gasteiger partial charge is 0.126 e. The zero-order chi connectivity index (χ0) is 11.3. The summed E-state index contributed by atoms with van der Waals surface area (Å²) < 4.78 is 0. The molecule has 82 valence electrons. The SMILES string of the molecule is CCc1ccccc1SCC(C)(C)C=O. The van der Waals surface area contributed by atoms with Gasteiger partial charge in [0.05, 0.1) is 0 Å². The average Bonchev–Trinajstić information content (AvgIpc) is 2.27. The van der Waals surface area contributed by atoms with Crippen molar-refractivity contribution in [2.45, 2.75) is 32.1 Å². The van der Waals surface area contributed by atoms with Crippen LogP contribution in [0.4, 0.5) is 0 Å². The van der Waals surface area contributed by atoms with E-state index in [9.17, 15) is 4.79 Å². The van der Waals surface area contributed by atoms with E-state index in [1.54, 1.807) is 11.8 Å². The fraction of sp³-hybridized carbons (Fsp3) is 0.462. The number of benzene rings is 1. The fourth-order valence-corrected chi connectivity index (χ4v) is 2.40. The normalized spacial score (nSPS) is 11.4. The number of aldehydes is 1. The molecule has 2 heteroatoms. The third-order valence-electron chi connectivity index (χ3n) is 2.27. The summed E-state index contributed by atoms with van der Waals surface area (Å²) in [5.74, 6) is 0.841. The van der Waals surface area contributed by atoms with Gasteiger partial charge in [0.2, 0.25) is 0 Å². The van der Waals surface area contributed by atoms with Gasteiger partial charge in [-0.15, -0.1) is 11.8 Å². The van der Waals surface area contributed by atoms with Gasteiger partial charge >= 0.3 is 0 Å². The number of hydrogen-bond acceptors (Lipinski definition) is 2. The minimum absolute atomic E-state index is 0.231. The predicted molar refractivity (Wildman–Crippen MR) is 66.4 cm³/mol. The Bertz CT molecular complexity index is 331. The van der Waals surface area contributed by atoms with Gasteiger partial charge in [0.1, 0.15) is 6.29 Å². The zero-order valence-electron chi connectivity index (χ0n) is 9.62. The van der Waals surface area contributed by atoms with Crippen molar-refractivity contribution in [1.82, 2.24) is 0 Å². The van der Waals surface area contributed by atoms with Crippen molar-refractivity contribution in [1.29, 1.82) is 0 Å². The van der Waals surface area contributed by atoms with Crippen molar-refractivity contribution < 1.29 is 4.79 Å². The maximum atomic E-state index is 10.8. The van der Waals surface area contributed by atoms with Crippen molar-refractivity contribution in [3.63, 3.8) is 0 Å². The van der Waals surface area contributed by atoms with Crippen LogP contribution in [0.25, 0.3) is 0 Å². The standard InChI is InChI=1S/C13H18OS/c1-4-11-7-5-6-8-12(11)15-10-13(2,3)9-14/h5-9H,4,10H2,1-3H3. The second-order valence-electron chi connectivity index (χ2n) is 4.36. The Morgan fingerprint density at radius 1 is 1.33 bits per heavy atom. The molecule has 0 aliphatic heterocycles. The second kappa shape index (κ2) is 5.36. The van der Waals surface area contributed by atoms with Gasteiger partial charge < -0.3 is 4.79 Å². The highest BCUT2D eigenvalue weighted by molar-refractivity contribution is 7.99. The number of carbonyl (C=O) groups is 1. The Hall–Kier alpha value is -0.760. The largest absolute Gasteiger partial charge is 0.303 e. The molecule has 0 radical (unpaired) electrons. The molecule has 0 heterocycles. The first-order valence-electron chi connectivity index (χ1n) is 5.26. The summed E-state index contributed by atoms with van der Waals surface area (Å²) in [5, 5.41) is 0. The predicted octanol–water partition coefficient (Wildman–Crippen LogP) is 3.57. The summed E-state index contributed by atoms with van der Waals surface area (Å²) in [6, 6.07) is 8.39. The van der Waals surface area contributed by atoms with Gasteiger partial charge in [-0.25, -0.2) is 0 Å². The molecule has 15 heavy (non-hydrogen) atoms. The first-order chi connectivity index (χ1) is 7.09. The van der Waals surface area contributed by atoms with E-state index in [4.69, 9.17) is 0 Å². The molecule has 0 saturated carbocycles. The highest BCUT2D eigenvalue weighted by Crippen LogP contribution is 2.28. The van der Waals surface area contributed by atoms with Gasteiger partial charge in [0.25, 0.3) is 0 Å². The molecule has 0 saturated heterocycles. The molecular weight excluding hydrogens is 204 g/mol. The van der Waals surface area contributed by atoms with Crippen LogP contribution in [-0.2, 0) is 11.2 Å². The fourth-order valence-electron chi connectivity index (χ4n) is 1.23. The highest BCUT2D eigenvalue weighted by atomic mass is 32.2. The number of hydrogen-bond donors (Lipinski definition) is 0. The molecule has 0 bridgehead atoms. The van der Waals surface area contributed by atoms with E-state index in [1.807, 2.05) is 13.8 Å².